The Morgan fingerprint density at radius 3 is 2.60 bits per heavy atom. The van der Waals surface area contributed by atoms with E-state index in [0.29, 0.717) is 10.2 Å². The Bertz CT molecular complexity index is 1160. The van der Waals surface area contributed by atoms with Gasteiger partial charge in [0, 0.05) is 18.8 Å². The number of benzene rings is 1. The summed E-state index contributed by atoms with van der Waals surface area (Å²) in [5.41, 5.74) is 3.29. The van der Waals surface area contributed by atoms with Gasteiger partial charge in [-0.1, -0.05) is 17.7 Å². The van der Waals surface area contributed by atoms with Crippen LogP contribution in [0.25, 0.3) is 26.0 Å². The minimum Gasteiger partial charge on any atom is -0.372 e. The number of rotatable bonds is 2. The summed E-state index contributed by atoms with van der Waals surface area (Å²) in [4.78, 5) is 19.5. The van der Waals surface area contributed by atoms with Crippen molar-refractivity contribution < 1.29 is 9.94 Å². The first-order valence-electron chi connectivity index (χ1n) is 7.78. The van der Waals surface area contributed by atoms with Crippen molar-refractivity contribution >= 4 is 37.3 Å². The van der Waals surface area contributed by atoms with Gasteiger partial charge in [0.1, 0.15) is 21.4 Å². The zero-order valence-corrected chi connectivity index (χ0v) is 14.9. The van der Waals surface area contributed by atoms with E-state index in [1.165, 1.54) is 11.3 Å². The third kappa shape index (κ3) is 2.44. The van der Waals surface area contributed by atoms with E-state index in [2.05, 4.69) is 4.98 Å². The summed E-state index contributed by atoms with van der Waals surface area (Å²) in [6, 6.07) is 7.75. The molecular weight excluding hydrogens is 336 g/mol. The molecule has 7 heteroatoms. The summed E-state index contributed by atoms with van der Waals surface area (Å²) >= 11 is 1.34. The number of anilines is 1. The van der Waals surface area contributed by atoms with Crippen molar-refractivity contribution in [3.63, 3.8) is 0 Å². The molecule has 0 spiro atoms. The molecule has 0 saturated heterocycles. The zero-order chi connectivity index (χ0) is 17.7. The molecular formula is C18H17N4O2S+. The smallest absolute Gasteiger partial charge is 0.275 e. The highest BCUT2D eigenvalue weighted by Crippen LogP contribution is 2.35. The Morgan fingerprint density at radius 2 is 1.92 bits per heavy atom. The minimum atomic E-state index is -0.107. The molecule has 6 nitrogen and oxygen atoms in total. The van der Waals surface area contributed by atoms with Crippen LogP contribution in [0.2, 0.25) is 0 Å². The van der Waals surface area contributed by atoms with Crippen LogP contribution in [-0.2, 0) is 0 Å². The van der Waals surface area contributed by atoms with Crippen LogP contribution in [0.15, 0.2) is 47.8 Å². The van der Waals surface area contributed by atoms with Crippen molar-refractivity contribution in [3.05, 3.63) is 58.9 Å². The summed E-state index contributed by atoms with van der Waals surface area (Å²) in [7, 11) is 3.79. The molecule has 1 N–H and O–H groups in total. The number of pyridine rings is 1. The lowest BCUT2D eigenvalue weighted by atomic mass is 10.2. The summed E-state index contributed by atoms with van der Waals surface area (Å²) in [5, 5.41) is 10.8. The normalized spacial score (nSPS) is 11.3. The van der Waals surface area contributed by atoms with E-state index in [1.807, 2.05) is 50.2 Å². The molecule has 3 aromatic heterocycles. The third-order valence-electron chi connectivity index (χ3n) is 4.18. The number of nitrogens with zero attached hydrogens (tertiary/aromatic N) is 4. The van der Waals surface area contributed by atoms with Gasteiger partial charge >= 0.3 is 0 Å². The first-order chi connectivity index (χ1) is 12.0. The predicted octanol–water partition coefficient (Wildman–Crippen LogP) is 2.50. The van der Waals surface area contributed by atoms with E-state index < -0.39 is 0 Å². The fourth-order valence-electron chi connectivity index (χ4n) is 2.90. The average Bonchev–Trinajstić information content (AvgIpc) is 2.94. The molecule has 4 rings (SSSR count). The van der Waals surface area contributed by atoms with Crippen molar-refractivity contribution in [1.82, 2.24) is 9.55 Å². The minimum absolute atomic E-state index is 0.107. The molecule has 25 heavy (non-hydrogen) atoms. The second-order valence-electron chi connectivity index (χ2n) is 6.19. The van der Waals surface area contributed by atoms with Gasteiger partial charge in [0.15, 0.2) is 0 Å². The molecule has 0 radical (unpaired) electrons. The van der Waals surface area contributed by atoms with E-state index in [0.717, 1.165) is 31.8 Å². The number of thiophene rings is 1. The van der Waals surface area contributed by atoms with Crippen molar-refractivity contribution in [2.24, 2.45) is 0 Å². The number of aryl methyl sites for hydroxylation is 1. The zero-order valence-electron chi connectivity index (χ0n) is 14.1. The van der Waals surface area contributed by atoms with Crippen molar-refractivity contribution in [1.29, 1.82) is 0 Å². The second kappa shape index (κ2) is 5.56. The topological polar surface area (TPSA) is 62.2 Å². The Hall–Kier alpha value is -2.93. The van der Waals surface area contributed by atoms with Gasteiger partial charge < -0.3 is 4.90 Å². The van der Waals surface area contributed by atoms with Gasteiger partial charge in [-0.05, 0) is 19.1 Å². The van der Waals surface area contributed by atoms with Crippen LogP contribution in [0.1, 0.15) is 5.56 Å². The van der Waals surface area contributed by atoms with Gasteiger partial charge in [0.25, 0.3) is 5.56 Å². The molecule has 0 aliphatic heterocycles. The Labute approximate surface area is 147 Å². The van der Waals surface area contributed by atoms with Crippen molar-refractivity contribution in [2.45, 2.75) is 6.92 Å². The second-order valence-corrected chi connectivity index (χ2v) is 7.24. The number of aromatic nitrogens is 3. The lowest BCUT2D eigenvalue weighted by Crippen LogP contribution is -2.30. The molecule has 126 valence electrons. The van der Waals surface area contributed by atoms with Gasteiger partial charge in [-0.2, -0.15) is 0 Å². The Morgan fingerprint density at radius 1 is 1.20 bits per heavy atom. The largest absolute Gasteiger partial charge is 0.372 e. The predicted molar refractivity (Wildman–Crippen MR) is 99.2 cm³/mol. The quantitative estimate of drug-likeness (QED) is 0.444. The number of hydrogen-bond donors (Lipinski definition) is 1. The van der Waals surface area contributed by atoms with Gasteiger partial charge in [-0.3, -0.25) is 14.6 Å². The van der Waals surface area contributed by atoms with Crippen molar-refractivity contribution in [2.75, 3.05) is 19.0 Å². The molecule has 0 fully saturated rings. The van der Waals surface area contributed by atoms with E-state index in [4.69, 9.17) is 0 Å². The lowest BCUT2D eigenvalue weighted by Gasteiger charge is -2.11. The first-order valence-corrected chi connectivity index (χ1v) is 8.60. The highest BCUT2D eigenvalue weighted by Gasteiger charge is 2.20. The van der Waals surface area contributed by atoms with Gasteiger partial charge in [0.05, 0.1) is 16.6 Å². The average molecular weight is 353 g/mol. The molecule has 4 aromatic rings. The maximum Gasteiger partial charge on any atom is 0.275 e. The van der Waals surface area contributed by atoms with Crippen LogP contribution in [0.4, 0.5) is 5.69 Å². The molecule has 0 atom stereocenters. The van der Waals surface area contributed by atoms with Crippen molar-refractivity contribution in [3.8, 4) is 5.69 Å². The summed E-state index contributed by atoms with van der Waals surface area (Å²) in [6.07, 6.45) is 4.78. The Kier molecular flexibility index (Phi) is 3.47. The van der Waals surface area contributed by atoms with E-state index in [-0.39, 0.29) is 5.56 Å². The molecule has 3 heterocycles. The maximum atomic E-state index is 13.0. The van der Waals surface area contributed by atoms with Crippen LogP contribution >= 0.6 is 11.3 Å². The van der Waals surface area contributed by atoms with Crippen LogP contribution in [-0.4, -0.2) is 28.9 Å². The highest BCUT2D eigenvalue weighted by atomic mass is 32.1. The number of fused-ring (bicyclic) bond motifs is 3. The molecule has 0 amide bonds. The van der Waals surface area contributed by atoms with Crippen LogP contribution in [0, 0.1) is 6.92 Å². The number of hydrogen-bond acceptors (Lipinski definition) is 5. The summed E-state index contributed by atoms with van der Waals surface area (Å²) < 4.78 is 3.97. The van der Waals surface area contributed by atoms with Gasteiger partial charge in [-0.25, -0.2) is 4.98 Å². The highest BCUT2D eigenvalue weighted by molar-refractivity contribution is 7.25. The Balaban J connectivity index is 2.05. The molecule has 0 aliphatic rings. The first kappa shape index (κ1) is 15.6. The standard InChI is InChI=1S/C18H17N4O2S/c1-11-4-6-12(7-5-11)22-10-19-16-15-13(20(2)3)8-21(24)9-14(15)25-17(16)18(22)23/h4-10,24H,1-3H3/q+1. The summed E-state index contributed by atoms with van der Waals surface area (Å²) in [5.74, 6) is 0. The third-order valence-corrected chi connectivity index (χ3v) is 5.28. The van der Waals surface area contributed by atoms with Crippen LogP contribution in [0.3, 0.4) is 0 Å². The fourth-order valence-corrected chi connectivity index (χ4v) is 4.02. The molecule has 0 unspecified atom stereocenters. The van der Waals surface area contributed by atoms with Gasteiger partial charge in [-0.15, -0.1) is 11.3 Å². The SMILES string of the molecule is Cc1ccc(-n2cnc3c(sc4c[n+](O)cc(N(C)C)c43)c2=O)cc1. The summed E-state index contributed by atoms with van der Waals surface area (Å²) in [6.45, 7) is 2.01. The van der Waals surface area contributed by atoms with Gasteiger partial charge in [0.2, 0.25) is 12.4 Å². The maximum absolute atomic E-state index is 13.0. The van der Waals surface area contributed by atoms with E-state index in [1.54, 1.807) is 23.3 Å². The van der Waals surface area contributed by atoms with E-state index >= 15 is 0 Å². The molecule has 0 aliphatic carbocycles. The van der Waals surface area contributed by atoms with E-state index in [9.17, 15) is 10.0 Å². The molecule has 0 saturated carbocycles. The van der Waals surface area contributed by atoms with Crippen LogP contribution < -0.4 is 15.2 Å². The molecule has 0 bridgehead atoms. The molecule has 1 aromatic carbocycles. The fraction of sp³-hybridized carbons (Fsp3) is 0.167. The lowest BCUT2D eigenvalue weighted by molar-refractivity contribution is -0.903. The van der Waals surface area contributed by atoms with Crippen LogP contribution in [0.5, 0.6) is 0 Å². The monoisotopic (exact) mass is 353 g/mol.